The lowest BCUT2D eigenvalue weighted by Gasteiger charge is -2.01. The Morgan fingerprint density at radius 2 is 2.11 bits per heavy atom. The van der Waals surface area contributed by atoms with Crippen molar-refractivity contribution in [3.05, 3.63) is 62.0 Å². The highest BCUT2D eigenvalue weighted by molar-refractivity contribution is 6.32. The summed E-state index contributed by atoms with van der Waals surface area (Å²) >= 11 is 6.03. The Labute approximate surface area is 115 Å². The third-order valence-corrected chi connectivity index (χ3v) is 3.05. The maximum Gasteiger partial charge on any atom is 0.282 e. The van der Waals surface area contributed by atoms with E-state index in [1.807, 2.05) is 24.3 Å². The van der Waals surface area contributed by atoms with Crippen molar-refractivity contribution in [3.63, 3.8) is 0 Å². The number of rotatable bonds is 2. The SMILES string of the molecule is Cc1c(/C=C/c2ccccc2Cl)n[nH]c(=O)c1C#N. The van der Waals surface area contributed by atoms with Crippen molar-refractivity contribution >= 4 is 23.8 Å². The van der Waals surface area contributed by atoms with Crippen LogP contribution in [0.15, 0.2) is 29.1 Å². The van der Waals surface area contributed by atoms with Crippen LogP contribution in [0.25, 0.3) is 12.2 Å². The molecule has 0 bridgehead atoms. The van der Waals surface area contributed by atoms with Crippen LogP contribution in [0.1, 0.15) is 22.4 Å². The molecule has 5 heteroatoms. The van der Waals surface area contributed by atoms with Crippen molar-refractivity contribution < 1.29 is 0 Å². The normalized spacial score (nSPS) is 10.6. The van der Waals surface area contributed by atoms with Crippen LogP contribution in [0.4, 0.5) is 0 Å². The van der Waals surface area contributed by atoms with Crippen molar-refractivity contribution in [3.8, 4) is 6.07 Å². The zero-order valence-corrected chi connectivity index (χ0v) is 10.9. The van der Waals surface area contributed by atoms with Crippen LogP contribution in [0.3, 0.4) is 0 Å². The molecule has 1 heterocycles. The van der Waals surface area contributed by atoms with E-state index in [-0.39, 0.29) is 5.56 Å². The van der Waals surface area contributed by atoms with Crippen LogP contribution in [0, 0.1) is 18.3 Å². The highest BCUT2D eigenvalue weighted by Gasteiger charge is 2.07. The fourth-order valence-electron chi connectivity index (χ4n) is 1.62. The number of nitrogens with zero attached hydrogens (tertiary/aromatic N) is 2. The van der Waals surface area contributed by atoms with Crippen LogP contribution in [-0.4, -0.2) is 10.2 Å². The first kappa shape index (κ1) is 13.1. The number of nitrogens with one attached hydrogen (secondary N) is 1. The molecule has 0 amide bonds. The predicted molar refractivity (Wildman–Crippen MR) is 74.7 cm³/mol. The van der Waals surface area contributed by atoms with Gasteiger partial charge in [0.25, 0.3) is 5.56 Å². The van der Waals surface area contributed by atoms with E-state index in [0.717, 1.165) is 5.56 Å². The van der Waals surface area contributed by atoms with E-state index in [4.69, 9.17) is 16.9 Å². The molecule has 4 nitrogen and oxygen atoms in total. The van der Waals surface area contributed by atoms with Gasteiger partial charge in [0.15, 0.2) is 0 Å². The number of aromatic nitrogens is 2. The molecule has 0 aliphatic heterocycles. The second kappa shape index (κ2) is 5.51. The van der Waals surface area contributed by atoms with E-state index in [1.54, 1.807) is 25.1 Å². The summed E-state index contributed by atoms with van der Waals surface area (Å²) in [7, 11) is 0. The molecular formula is C14H10ClN3O. The summed E-state index contributed by atoms with van der Waals surface area (Å²) in [5.41, 5.74) is 1.53. The van der Waals surface area contributed by atoms with E-state index in [0.29, 0.717) is 16.3 Å². The van der Waals surface area contributed by atoms with Gasteiger partial charge in [-0.25, -0.2) is 5.10 Å². The quantitative estimate of drug-likeness (QED) is 0.913. The van der Waals surface area contributed by atoms with Crippen LogP contribution < -0.4 is 5.56 Å². The molecule has 1 N–H and O–H groups in total. The summed E-state index contributed by atoms with van der Waals surface area (Å²) in [5.74, 6) is 0. The third-order valence-electron chi connectivity index (χ3n) is 2.70. The lowest BCUT2D eigenvalue weighted by Crippen LogP contribution is -2.15. The molecule has 0 saturated carbocycles. The topological polar surface area (TPSA) is 69.5 Å². The molecule has 0 unspecified atom stereocenters. The smallest absolute Gasteiger partial charge is 0.267 e. The van der Waals surface area contributed by atoms with E-state index < -0.39 is 5.56 Å². The average molecular weight is 272 g/mol. The number of H-pyrrole nitrogens is 1. The molecule has 19 heavy (non-hydrogen) atoms. The first-order valence-corrected chi connectivity index (χ1v) is 5.93. The monoisotopic (exact) mass is 271 g/mol. The third kappa shape index (κ3) is 2.72. The number of hydrogen-bond acceptors (Lipinski definition) is 3. The lowest BCUT2D eigenvalue weighted by molar-refractivity contribution is 0.952. The molecule has 0 aliphatic rings. The van der Waals surface area contributed by atoms with E-state index >= 15 is 0 Å². The molecule has 0 fully saturated rings. The summed E-state index contributed by atoms with van der Waals surface area (Å²) in [6.07, 6.45) is 3.50. The fourth-order valence-corrected chi connectivity index (χ4v) is 1.82. The fraction of sp³-hybridized carbons (Fsp3) is 0.0714. The molecule has 2 aromatic rings. The van der Waals surface area contributed by atoms with Gasteiger partial charge in [0.05, 0.1) is 5.69 Å². The number of hydrogen-bond donors (Lipinski definition) is 1. The standard InChI is InChI=1S/C14H10ClN3O/c1-9-11(8-16)14(19)18-17-13(9)7-6-10-4-2-3-5-12(10)15/h2-7H,1H3,(H,18,19)/b7-6+. The average Bonchev–Trinajstić information content (AvgIpc) is 2.40. The molecule has 0 aliphatic carbocycles. The Bertz CT molecular complexity index is 741. The van der Waals surface area contributed by atoms with E-state index in [1.165, 1.54) is 0 Å². The van der Waals surface area contributed by atoms with Crippen LogP contribution in [0.5, 0.6) is 0 Å². The van der Waals surface area contributed by atoms with Crippen molar-refractivity contribution in [2.75, 3.05) is 0 Å². The van der Waals surface area contributed by atoms with Crippen LogP contribution in [-0.2, 0) is 0 Å². The molecule has 0 spiro atoms. The highest BCUT2D eigenvalue weighted by Crippen LogP contribution is 2.18. The molecule has 0 radical (unpaired) electrons. The Balaban J connectivity index is 2.43. The highest BCUT2D eigenvalue weighted by atomic mass is 35.5. The van der Waals surface area contributed by atoms with Gasteiger partial charge < -0.3 is 0 Å². The van der Waals surface area contributed by atoms with Crippen LogP contribution >= 0.6 is 11.6 Å². The zero-order valence-electron chi connectivity index (χ0n) is 10.1. The molecular weight excluding hydrogens is 262 g/mol. The minimum Gasteiger partial charge on any atom is -0.267 e. The molecule has 0 saturated heterocycles. The van der Waals surface area contributed by atoms with Gasteiger partial charge in [0, 0.05) is 5.02 Å². The van der Waals surface area contributed by atoms with Crippen molar-refractivity contribution in [1.29, 1.82) is 5.26 Å². The maximum atomic E-state index is 11.4. The van der Waals surface area contributed by atoms with Gasteiger partial charge in [-0.3, -0.25) is 4.79 Å². The number of nitriles is 1. The van der Waals surface area contributed by atoms with Crippen molar-refractivity contribution in [2.45, 2.75) is 6.92 Å². The summed E-state index contributed by atoms with van der Waals surface area (Å²) in [4.78, 5) is 11.4. The minimum atomic E-state index is -0.477. The Morgan fingerprint density at radius 1 is 1.37 bits per heavy atom. The molecule has 0 atom stereocenters. The lowest BCUT2D eigenvalue weighted by atomic mass is 10.1. The zero-order chi connectivity index (χ0) is 13.8. The van der Waals surface area contributed by atoms with Crippen molar-refractivity contribution in [1.82, 2.24) is 10.2 Å². The summed E-state index contributed by atoms with van der Waals surface area (Å²) in [5, 5.41) is 15.7. The van der Waals surface area contributed by atoms with E-state index in [9.17, 15) is 4.79 Å². The molecule has 1 aromatic carbocycles. The summed E-state index contributed by atoms with van der Waals surface area (Å²) < 4.78 is 0. The summed E-state index contributed by atoms with van der Waals surface area (Å²) in [6.45, 7) is 1.69. The Kier molecular flexibility index (Phi) is 3.79. The van der Waals surface area contributed by atoms with Gasteiger partial charge in [-0.05, 0) is 30.2 Å². The molecule has 94 valence electrons. The van der Waals surface area contributed by atoms with Crippen LogP contribution in [0.2, 0.25) is 5.02 Å². The van der Waals surface area contributed by atoms with Gasteiger partial charge in [0.2, 0.25) is 0 Å². The maximum absolute atomic E-state index is 11.4. The Hall–Kier alpha value is -2.38. The number of benzene rings is 1. The largest absolute Gasteiger partial charge is 0.282 e. The van der Waals surface area contributed by atoms with E-state index in [2.05, 4.69) is 10.2 Å². The first-order chi connectivity index (χ1) is 9.13. The minimum absolute atomic E-state index is 0.0776. The first-order valence-electron chi connectivity index (χ1n) is 5.55. The van der Waals surface area contributed by atoms with Gasteiger partial charge in [-0.2, -0.15) is 10.4 Å². The second-order valence-corrected chi connectivity index (χ2v) is 4.31. The van der Waals surface area contributed by atoms with Gasteiger partial charge in [-0.15, -0.1) is 0 Å². The predicted octanol–water partition coefficient (Wildman–Crippen LogP) is 2.77. The van der Waals surface area contributed by atoms with Gasteiger partial charge >= 0.3 is 0 Å². The van der Waals surface area contributed by atoms with Gasteiger partial charge in [0.1, 0.15) is 11.6 Å². The van der Waals surface area contributed by atoms with Gasteiger partial charge in [-0.1, -0.05) is 35.9 Å². The van der Waals surface area contributed by atoms with Crippen molar-refractivity contribution in [2.24, 2.45) is 0 Å². The number of aromatic amines is 1. The molecule has 1 aromatic heterocycles. The Morgan fingerprint density at radius 3 is 2.79 bits per heavy atom. The number of halogens is 1. The molecule has 2 rings (SSSR count). The summed E-state index contributed by atoms with van der Waals surface area (Å²) in [6, 6.07) is 9.24. The second-order valence-electron chi connectivity index (χ2n) is 3.90.